The third-order valence-corrected chi connectivity index (χ3v) is 4.26. The van der Waals surface area contributed by atoms with Crippen LogP contribution in [0.25, 0.3) is 11.2 Å². The van der Waals surface area contributed by atoms with Crippen LogP contribution in [0.3, 0.4) is 0 Å². The zero-order valence-electron chi connectivity index (χ0n) is 14.4. The predicted octanol–water partition coefficient (Wildman–Crippen LogP) is 2.45. The van der Waals surface area contributed by atoms with Gasteiger partial charge in [-0.15, -0.1) is 0 Å². The number of hydrogen-bond acceptors (Lipinski definition) is 7. The topological polar surface area (TPSA) is 125 Å². The van der Waals surface area contributed by atoms with E-state index in [4.69, 9.17) is 15.0 Å². The molecular weight excluding hydrogens is 345 g/mol. The molecule has 0 aliphatic heterocycles. The van der Waals surface area contributed by atoms with Gasteiger partial charge in [0.05, 0.1) is 19.0 Å². The van der Waals surface area contributed by atoms with Crippen LogP contribution in [0.5, 0.6) is 0 Å². The number of aromatic nitrogens is 4. The van der Waals surface area contributed by atoms with Crippen molar-refractivity contribution in [1.29, 1.82) is 0 Å². The van der Waals surface area contributed by atoms with Gasteiger partial charge in [-0.25, -0.2) is 19.5 Å². The molecule has 2 aromatic rings. The fourth-order valence-corrected chi connectivity index (χ4v) is 3.10. The lowest BCUT2D eigenvalue weighted by molar-refractivity contribution is 0.0748. The van der Waals surface area contributed by atoms with Crippen molar-refractivity contribution in [2.24, 2.45) is 0 Å². The fraction of sp³-hybridized carbons (Fsp3) is 0.400. The van der Waals surface area contributed by atoms with Gasteiger partial charge in [-0.1, -0.05) is 12.2 Å². The molecule has 0 spiro atoms. The summed E-state index contributed by atoms with van der Waals surface area (Å²) in [6.45, 7) is 5.61. The number of ether oxygens (including phenoxy) is 1. The maximum Gasteiger partial charge on any atom is 0.401 e. The Morgan fingerprint density at radius 2 is 2.24 bits per heavy atom. The van der Waals surface area contributed by atoms with Crippen molar-refractivity contribution < 1.29 is 18.7 Å². The first-order chi connectivity index (χ1) is 11.8. The van der Waals surface area contributed by atoms with Crippen molar-refractivity contribution >= 4 is 24.6 Å². The second-order valence-corrected chi connectivity index (χ2v) is 7.18. The van der Waals surface area contributed by atoms with Crippen molar-refractivity contribution in [3.05, 3.63) is 36.6 Å². The summed E-state index contributed by atoms with van der Waals surface area (Å²) in [5.74, 6) is 0.641. The van der Waals surface area contributed by atoms with Gasteiger partial charge < -0.3 is 24.5 Å². The quantitative estimate of drug-likeness (QED) is 0.414. The van der Waals surface area contributed by atoms with Gasteiger partial charge in [-0.05, 0) is 26.8 Å². The molecule has 10 heteroatoms. The Hall–Kier alpha value is -2.22. The van der Waals surface area contributed by atoms with E-state index >= 15 is 0 Å². The van der Waals surface area contributed by atoms with Gasteiger partial charge in [0.25, 0.3) is 0 Å². The minimum absolute atomic E-state index is 0.300. The normalized spacial score (nSPS) is 16.2. The molecule has 0 amide bonds. The molecule has 0 aromatic carbocycles. The van der Waals surface area contributed by atoms with Crippen LogP contribution in [0.2, 0.25) is 0 Å². The molecule has 0 saturated heterocycles. The fourth-order valence-electron chi connectivity index (χ4n) is 2.10. The SMILES string of the molecule is C/C=C\C=C(/C)OP(=O)(O)CO[C@H](C)Cn1cnc2c(N)ncnc21. The van der Waals surface area contributed by atoms with Crippen LogP contribution >= 0.6 is 7.60 Å². The molecule has 9 nitrogen and oxygen atoms in total. The van der Waals surface area contributed by atoms with E-state index in [1.165, 1.54) is 6.33 Å². The average molecular weight is 367 g/mol. The summed E-state index contributed by atoms with van der Waals surface area (Å²) in [6, 6.07) is 0. The number of allylic oxidation sites excluding steroid dienone is 4. The standard InChI is InChI=1S/C15H22N5O4P/c1-4-5-6-11(2)24-25(21,22)10-23-12(3)7-20-9-19-13-14(16)17-8-18-15(13)20/h4-6,8-9,12H,7,10H2,1-3H3,(H,21,22)(H2,16,17,18)/b5-4-,11-6+/t12-/m1/s1. The van der Waals surface area contributed by atoms with Gasteiger partial charge in [-0.2, -0.15) is 0 Å². The third-order valence-electron chi connectivity index (χ3n) is 3.22. The highest BCUT2D eigenvalue weighted by Gasteiger charge is 2.23. The van der Waals surface area contributed by atoms with Gasteiger partial charge in [0.1, 0.15) is 17.6 Å². The summed E-state index contributed by atoms with van der Waals surface area (Å²) < 4.78 is 24.3. The maximum absolute atomic E-state index is 12.0. The highest BCUT2D eigenvalue weighted by atomic mass is 31.2. The molecule has 2 rings (SSSR count). The largest absolute Gasteiger partial charge is 0.428 e. The Morgan fingerprint density at radius 1 is 1.48 bits per heavy atom. The predicted molar refractivity (Wildman–Crippen MR) is 94.6 cm³/mol. The summed E-state index contributed by atoms with van der Waals surface area (Å²) in [6.07, 6.45) is 7.27. The van der Waals surface area contributed by atoms with E-state index in [-0.39, 0.29) is 6.10 Å². The van der Waals surface area contributed by atoms with Crippen LogP contribution in [-0.4, -0.2) is 36.9 Å². The number of imidazole rings is 1. The molecule has 2 aromatic heterocycles. The number of fused-ring (bicyclic) bond motifs is 1. The van der Waals surface area contributed by atoms with Gasteiger partial charge >= 0.3 is 7.60 Å². The molecule has 3 N–H and O–H groups in total. The zero-order valence-corrected chi connectivity index (χ0v) is 15.3. The van der Waals surface area contributed by atoms with Crippen molar-refractivity contribution in [3.8, 4) is 0 Å². The number of nitrogens with two attached hydrogens (primary N) is 1. The van der Waals surface area contributed by atoms with E-state index in [1.807, 2.05) is 6.92 Å². The highest BCUT2D eigenvalue weighted by Crippen LogP contribution is 2.44. The minimum atomic E-state index is -3.88. The third kappa shape index (κ3) is 5.38. The lowest BCUT2D eigenvalue weighted by atomic mass is 10.4. The lowest BCUT2D eigenvalue weighted by Gasteiger charge is -2.18. The van der Waals surface area contributed by atoms with E-state index < -0.39 is 13.9 Å². The number of nitrogens with zero attached hydrogens (tertiary/aromatic N) is 4. The van der Waals surface area contributed by atoms with Gasteiger partial charge in [0, 0.05) is 0 Å². The Balaban J connectivity index is 1.94. The minimum Gasteiger partial charge on any atom is -0.428 e. The second kappa shape index (κ2) is 8.24. The number of anilines is 1. The molecule has 0 fully saturated rings. The van der Waals surface area contributed by atoms with Crippen LogP contribution in [0.1, 0.15) is 20.8 Å². The molecule has 2 atom stereocenters. The first-order valence-electron chi connectivity index (χ1n) is 7.66. The molecule has 25 heavy (non-hydrogen) atoms. The van der Waals surface area contributed by atoms with Gasteiger partial charge in [-0.3, -0.25) is 0 Å². The van der Waals surface area contributed by atoms with Crippen molar-refractivity contribution in [2.45, 2.75) is 33.4 Å². The summed E-state index contributed by atoms with van der Waals surface area (Å²) in [4.78, 5) is 22.0. The van der Waals surface area contributed by atoms with Crippen molar-refractivity contribution in [2.75, 3.05) is 12.1 Å². The van der Waals surface area contributed by atoms with E-state index in [9.17, 15) is 9.46 Å². The maximum atomic E-state index is 12.0. The van der Waals surface area contributed by atoms with E-state index in [2.05, 4.69) is 15.0 Å². The van der Waals surface area contributed by atoms with Crippen LogP contribution < -0.4 is 5.73 Å². The number of hydrogen-bond donors (Lipinski definition) is 2. The molecule has 2 heterocycles. The molecule has 136 valence electrons. The Kier molecular flexibility index (Phi) is 6.30. The van der Waals surface area contributed by atoms with E-state index in [1.54, 1.807) is 43.0 Å². The number of rotatable bonds is 8. The molecule has 0 saturated carbocycles. The summed E-state index contributed by atoms with van der Waals surface area (Å²) in [7, 11) is -3.88. The monoisotopic (exact) mass is 367 g/mol. The van der Waals surface area contributed by atoms with Crippen LogP contribution in [0.4, 0.5) is 5.82 Å². The lowest BCUT2D eigenvalue weighted by Crippen LogP contribution is -2.17. The van der Waals surface area contributed by atoms with Crippen LogP contribution in [-0.2, 0) is 20.4 Å². The summed E-state index contributed by atoms with van der Waals surface area (Å²) in [5, 5.41) is 0. The molecule has 1 unspecified atom stereocenters. The Labute approximate surface area is 145 Å². The zero-order chi connectivity index (χ0) is 18.4. The number of nitrogen functional groups attached to an aromatic ring is 1. The molecule has 0 aliphatic carbocycles. The smallest absolute Gasteiger partial charge is 0.401 e. The van der Waals surface area contributed by atoms with E-state index in [0.717, 1.165) is 0 Å². The van der Waals surface area contributed by atoms with Crippen LogP contribution in [0, 0.1) is 0 Å². The molecule has 0 bridgehead atoms. The average Bonchev–Trinajstić information content (AvgIpc) is 2.95. The van der Waals surface area contributed by atoms with Crippen LogP contribution in [0.15, 0.2) is 36.6 Å². The Morgan fingerprint density at radius 3 is 2.96 bits per heavy atom. The van der Waals surface area contributed by atoms with E-state index in [0.29, 0.717) is 29.3 Å². The van der Waals surface area contributed by atoms with Gasteiger partial charge in [0.15, 0.2) is 17.8 Å². The van der Waals surface area contributed by atoms with Crippen molar-refractivity contribution in [3.63, 3.8) is 0 Å². The highest BCUT2D eigenvalue weighted by molar-refractivity contribution is 7.52. The summed E-state index contributed by atoms with van der Waals surface area (Å²) in [5.41, 5.74) is 6.83. The molecule has 0 aliphatic rings. The summed E-state index contributed by atoms with van der Waals surface area (Å²) >= 11 is 0. The first kappa shape index (κ1) is 19.1. The Bertz CT molecular complexity index is 832. The first-order valence-corrected chi connectivity index (χ1v) is 9.42. The molecular formula is C15H22N5O4P. The van der Waals surface area contributed by atoms with Gasteiger partial charge in [0.2, 0.25) is 0 Å². The second-order valence-electron chi connectivity index (χ2n) is 5.47. The molecule has 0 radical (unpaired) electrons. The van der Waals surface area contributed by atoms with Crippen molar-refractivity contribution in [1.82, 2.24) is 19.5 Å².